The monoisotopic (exact) mass is 499 g/mol. The number of allylic oxidation sites excluding steroid dienone is 2. The van der Waals surface area contributed by atoms with E-state index in [2.05, 4.69) is 36.4 Å². The lowest BCUT2D eigenvalue weighted by Gasteiger charge is -2.34. The van der Waals surface area contributed by atoms with Crippen LogP contribution < -0.4 is 10.6 Å². The maximum Gasteiger partial charge on any atom is 0.171 e. The normalized spacial score (nSPS) is 15.7. The van der Waals surface area contributed by atoms with E-state index in [4.69, 9.17) is 28.2 Å². The van der Waals surface area contributed by atoms with E-state index in [-0.39, 0.29) is 5.82 Å². The molecule has 0 spiro atoms. The molecule has 0 amide bonds. The van der Waals surface area contributed by atoms with Crippen molar-refractivity contribution >= 4 is 51.4 Å². The summed E-state index contributed by atoms with van der Waals surface area (Å²) in [6, 6.07) is 26.0. The summed E-state index contributed by atoms with van der Waals surface area (Å²) in [7, 11) is 0. The van der Waals surface area contributed by atoms with Crippen LogP contribution in [0.15, 0.2) is 102 Å². The Hall–Kier alpha value is -2.16. The van der Waals surface area contributed by atoms with Crippen LogP contribution in [0.2, 0.25) is 0 Å². The molecule has 0 aliphatic heterocycles. The smallest absolute Gasteiger partial charge is 0.171 e. The Kier molecular flexibility index (Phi) is 7.88. The van der Waals surface area contributed by atoms with Crippen molar-refractivity contribution in [3.63, 3.8) is 0 Å². The van der Waals surface area contributed by atoms with E-state index in [0.29, 0.717) is 11.0 Å². The molecule has 1 aliphatic carbocycles. The number of hydrogen-bond acceptors (Lipinski definition) is 2. The minimum Gasteiger partial charge on any atom is -0.368 e. The first-order valence-electron chi connectivity index (χ1n) is 10.9. The molecule has 0 bridgehead atoms. The Morgan fingerprint density at radius 1 is 0.879 bits per heavy atom. The van der Waals surface area contributed by atoms with Crippen molar-refractivity contribution in [1.82, 2.24) is 0 Å². The van der Waals surface area contributed by atoms with Crippen LogP contribution in [0, 0.1) is 5.82 Å². The molecule has 1 unspecified atom stereocenters. The van der Waals surface area contributed by atoms with E-state index < -0.39 is 18.0 Å². The zero-order chi connectivity index (χ0) is 23.3. The molecule has 6 heteroatoms. The van der Waals surface area contributed by atoms with E-state index in [1.165, 1.54) is 29.6 Å². The Morgan fingerprint density at radius 3 is 1.94 bits per heavy atom. The van der Waals surface area contributed by atoms with Crippen LogP contribution in [-0.2, 0) is 0 Å². The summed E-state index contributed by atoms with van der Waals surface area (Å²) >= 11 is 13.3. The van der Waals surface area contributed by atoms with Crippen LogP contribution in [0.5, 0.6) is 0 Å². The second kappa shape index (κ2) is 10.8. The Bertz CT molecular complexity index is 1150. The molecule has 0 heterocycles. The van der Waals surface area contributed by atoms with E-state index >= 15 is 0 Å². The summed E-state index contributed by atoms with van der Waals surface area (Å²) in [5, 5.41) is 14.4. The third-order valence-electron chi connectivity index (χ3n) is 5.79. The summed E-state index contributed by atoms with van der Waals surface area (Å²) in [4.78, 5) is 3.81. The Morgan fingerprint density at radius 2 is 1.45 bits per heavy atom. The number of alkyl halides is 2. The SMILES string of the molecule is OC(N=C(C(Cl)Cl)P(=C1C=CCCC1)(c1ccccc1)c1ccccc1)c1ccc(F)cc1. The molecule has 1 N–H and O–H groups in total. The van der Waals surface area contributed by atoms with Crippen LogP contribution in [0.4, 0.5) is 4.39 Å². The lowest BCUT2D eigenvalue weighted by molar-refractivity contribution is 0.189. The molecule has 0 saturated carbocycles. The van der Waals surface area contributed by atoms with Crippen LogP contribution in [0.25, 0.3) is 0 Å². The van der Waals surface area contributed by atoms with Crippen molar-refractivity contribution in [2.75, 3.05) is 0 Å². The highest BCUT2D eigenvalue weighted by atomic mass is 35.5. The number of benzene rings is 3. The van der Waals surface area contributed by atoms with Crippen LogP contribution in [0.1, 0.15) is 31.1 Å². The van der Waals surface area contributed by atoms with Gasteiger partial charge in [-0.1, -0.05) is 108 Å². The van der Waals surface area contributed by atoms with Gasteiger partial charge < -0.3 is 5.11 Å². The van der Waals surface area contributed by atoms with Crippen LogP contribution in [-0.4, -0.2) is 20.7 Å². The van der Waals surface area contributed by atoms with Crippen LogP contribution >= 0.6 is 30.1 Å². The lowest BCUT2D eigenvalue weighted by Crippen LogP contribution is -2.31. The number of nitrogens with zero attached hydrogens (tertiary/aromatic N) is 1. The molecule has 1 atom stereocenters. The highest BCUT2D eigenvalue weighted by molar-refractivity contribution is 8.03. The topological polar surface area (TPSA) is 32.6 Å². The van der Waals surface area contributed by atoms with E-state index in [0.717, 1.165) is 29.9 Å². The third kappa shape index (κ3) is 5.03. The van der Waals surface area contributed by atoms with Gasteiger partial charge in [-0.2, -0.15) is 0 Å². The second-order valence-corrected chi connectivity index (χ2v) is 12.3. The van der Waals surface area contributed by atoms with Crippen molar-refractivity contribution in [1.29, 1.82) is 0 Å². The van der Waals surface area contributed by atoms with Crippen LogP contribution in [0.3, 0.4) is 0 Å². The molecule has 0 fully saturated rings. The molecular weight excluding hydrogens is 475 g/mol. The summed E-state index contributed by atoms with van der Waals surface area (Å²) in [5.41, 5.74) is 1.02. The van der Waals surface area contributed by atoms with Gasteiger partial charge in [0, 0.05) is 5.56 Å². The van der Waals surface area contributed by atoms with Gasteiger partial charge >= 0.3 is 0 Å². The lowest BCUT2D eigenvalue weighted by atomic mass is 10.1. The molecule has 1 aliphatic rings. The highest BCUT2D eigenvalue weighted by Gasteiger charge is 2.36. The fraction of sp³-hybridized carbons (Fsp3) is 0.185. The van der Waals surface area contributed by atoms with E-state index in [1.807, 2.05) is 36.4 Å². The third-order valence-corrected chi connectivity index (χ3v) is 11.0. The molecule has 4 rings (SSSR count). The first-order chi connectivity index (χ1) is 16.0. The van der Waals surface area contributed by atoms with E-state index in [9.17, 15) is 9.50 Å². The van der Waals surface area contributed by atoms with Crippen molar-refractivity contribution in [3.05, 3.63) is 108 Å². The van der Waals surface area contributed by atoms with Crippen molar-refractivity contribution < 1.29 is 9.50 Å². The predicted octanol–water partition coefficient (Wildman–Crippen LogP) is 6.60. The van der Waals surface area contributed by atoms with Gasteiger partial charge in [0.05, 0.1) is 5.45 Å². The van der Waals surface area contributed by atoms with Gasteiger partial charge in [-0.3, -0.25) is 4.99 Å². The highest BCUT2D eigenvalue weighted by Crippen LogP contribution is 2.53. The predicted molar refractivity (Wildman–Crippen MR) is 141 cm³/mol. The summed E-state index contributed by atoms with van der Waals surface area (Å²) in [5.74, 6) is -0.374. The number of hydrogen-bond donors (Lipinski definition) is 1. The van der Waals surface area contributed by atoms with E-state index in [1.54, 1.807) is 0 Å². The summed E-state index contributed by atoms with van der Waals surface area (Å²) in [6.07, 6.45) is 6.08. The van der Waals surface area contributed by atoms with Gasteiger partial charge in [0.1, 0.15) is 10.7 Å². The molecule has 3 aromatic rings. The number of aliphatic imine (C=N–C) groups is 1. The van der Waals surface area contributed by atoms with Gasteiger partial charge in [0.25, 0.3) is 0 Å². The molecule has 170 valence electrons. The van der Waals surface area contributed by atoms with Gasteiger partial charge in [0.2, 0.25) is 0 Å². The zero-order valence-electron chi connectivity index (χ0n) is 18.0. The Labute approximate surface area is 204 Å². The van der Waals surface area contributed by atoms with Crippen molar-refractivity contribution in [2.45, 2.75) is 30.3 Å². The van der Waals surface area contributed by atoms with Gasteiger partial charge in [-0.05, 0) is 54.2 Å². The molecule has 0 aromatic heterocycles. The van der Waals surface area contributed by atoms with Crippen molar-refractivity contribution in [3.8, 4) is 0 Å². The minimum atomic E-state index is -2.54. The quantitative estimate of drug-likeness (QED) is 0.231. The minimum absolute atomic E-state index is 0.374. The zero-order valence-corrected chi connectivity index (χ0v) is 20.4. The molecule has 2 nitrogen and oxygen atoms in total. The molecule has 33 heavy (non-hydrogen) atoms. The first-order valence-corrected chi connectivity index (χ1v) is 13.5. The Balaban J connectivity index is 2.07. The van der Waals surface area contributed by atoms with Gasteiger partial charge in [0.15, 0.2) is 6.23 Å². The second-order valence-electron chi connectivity index (χ2n) is 7.84. The van der Waals surface area contributed by atoms with Crippen molar-refractivity contribution in [2.24, 2.45) is 4.99 Å². The molecule has 0 saturated heterocycles. The number of aliphatic hydroxyl groups excluding tert-OH is 1. The summed E-state index contributed by atoms with van der Waals surface area (Å²) < 4.78 is 13.5. The first kappa shape index (κ1) is 24.0. The fourth-order valence-corrected chi connectivity index (χ4v) is 9.72. The number of halogens is 3. The maximum atomic E-state index is 13.5. The maximum absolute atomic E-state index is 13.5. The average Bonchev–Trinajstić information content (AvgIpc) is 2.86. The molecular formula is C27H25Cl2FNOP. The average molecular weight is 500 g/mol. The summed E-state index contributed by atoms with van der Waals surface area (Å²) in [6.45, 7) is -2.54. The van der Waals surface area contributed by atoms with Gasteiger partial charge in [-0.15, -0.1) is 0 Å². The molecule has 0 radical (unpaired) electrons. The molecule has 3 aromatic carbocycles. The largest absolute Gasteiger partial charge is 0.368 e. The van der Waals surface area contributed by atoms with Gasteiger partial charge in [-0.25, -0.2) is 4.39 Å². The number of aliphatic hydroxyl groups is 1. The number of rotatable bonds is 6. The standard InChI is InChI=1S/C27H25Cl2FNOP/c28-25(29)27(31-26(32)20-16-18-21(30)19-17-20)33(22-10-4-1-5-11-22,23-12-6-2-7-13-23)24-14-8-3-9-15-24/h1-2,4-8,10-14,16-19,25-26,32H,3,9,15H2. The fourth-order valence-electron chi connectivity index (χ4n) is 4.30.